The molecule has 3 heterocycles. The van der Waals surface area contributed by atoms with Crippen LogP contribution in [0.1, 0.15) is 33.7 Å². The molecule has 1 amide bonds. The van der Waals surface area contributed by atoms with E-state index in [2.05, 4.69) is 20.6 Å². The molecule has 0 saturated heterocycles. The van der Waals surface area contributed by atoms with Crippen molar-refractivity contribution in [2.45, 2.75) is 33.4 Å². The maximum atomic E-state index is 13.2. The number of aromatic amines is 1. The van der Waals surface area contributed by atoms with Gasteiger partial charge in [0, 0.05) is 24.9 Å². The molecule has 30 heavy (non-hydrogen) atoms. The van der Waals surface area contributed by atoms with Crippen LogP contribution in [0.15, 0.2) is 30.3 Å². The molecule has 4 aromatic rings. The monoisotopic (exact) mass is 444 g/mol. The number of thiophene rings is 1. The Morgan fingerprint density at radius 1 is 1.33 bits per heavy atom. The van der Waals surface area contributed by atoms with Crippen molar-refractivity contribution in [2.75, 3.05) is 6.54 Å². The van der Waals surface area contributed by atoms with Crippen molar-refractivity contribution in [1.82, 2.24) is 29.9 Å². The number of hydrogen-bond donors (Lipinski definition) is 2. The van der Waals surface area contributed by atoms with Crippen LogP contribution in [-0.4, -0.2) is 37.0 Å². The molecule has 4 rings (SSSR count). The predicted octanol–water partition coefficient (Wildman–Crippen LogP) is 3.84. The normalized spacial score (nSPS) is 11.3. The number of nitrogens with one attached hydrogen (secondary N) is 2. The topological polar surface area (TPSA) is 80.5 Å². The number of aromatic nitrogens is 5. The molecule has 0 aliphatic rings. The molecule has 0 bridgehead atoms. The molecule has 7 nitrogen and oxygen atoms in total. The van der Waals surface area contributed by atoms with Gasteiger partial charge in [0.05, 0.1) is 17.1 Å². The first-order chi connectivity index (χ1) is 14.5. The maximum Gasteiger partial charge on any atom is 0.261 e. The first kappa shape index (κ1) is 20.4. The Kier molecular flexibility index (Phi) is 5.78. The second-order valence-corrected chi connectivity index (χ2v) is 8.31. The van der Waals surface area contributed by atoms with Gasteiger partial charge in [0.2, 0.25) is 0 Å². The van der Waals surface area contributed by atoms with Crippen molar-refractivity contribution in [1.29, 1.82) is 0 Å². The van der Waals surface area contributed by atoms with Crippen molar-refractivity contribution >= 4 is 39.7 Å². The van der Waals surface area contributed by atoms with Gasteiger partial charge in [-0.3, -0.25) is 14.6 Å². The number of fused-ring (bicyclic) bond motifs is 1. The molecular weight excluding hydrogens is 423 g/mol. The summed E-state index contributed by atoms with van der Waals surface area (Å²) >= 11 is 6.59. The van der Waals surface area contributed by atoms with E-state index >= 15 is 0 Å². The van der Waals surface area contributed by atoms with Gasteiger partial charge in [-0.15, -0.1) is 11.3 Å². The fourth-order valence-electron chi connectivity index (χ4n) is 3.34. The Balaban J connectivity index is 1.47. The van der Waals surface area contributed by atoms with E-state index in [1.807, 2.05) is 29.2 Å². The highest BCUT2D eigenvalue weighted by Gasteiger charge is 2.16. The number of nitrogens with zero attached hydrogens (tertiary/aromatic N) is 4. The van der Waals surface area contributed by atoms with Crippen LogP contribution in [0.2, 0.25) is 0 Å². The Labute approximate surface area is 181 Å². The SMILES string of the molecule is CCn1c(CCNC(=O)c2cc3c(C)nn(Cc4ccc(F)cc4)c3s2)n[nH]c1=S. The number of carbonyl (C=O) groups is 1. The third-order valence-electron chi connectivity index (χ3n) is 4.86. The first-order valence-corrected chi connectivity index (χ1v) is 10.8. The predicted molar refractivity (Wildman–Crippen MR) is 117 cm³/mol. The fourth-order valence-corrected chi connectivity index (χ4v) is 4.69. The lowest BCUT2D eigenvalue weighted by molar-refractivity contribution is 0.0958. The maximum absolute atomic E-state index is 13.2. The molecule has 0 atom stereocenters. The molecule has 0 aliphatic heterocycles. The van der Waals surface area contributed by atoms with Crippen molar-refractivity contribution < 1.29 is 9.18 Å². The van der Waals surface area contributed by atoms with Crippen molar-refractivity contribution in [3.63, 3.8) is 0 Å². The third-order valence-corrected chi connectivity index (χ3v) is 6.32. The van der Waals surface area contributed by atoms with Crippen molar-refractivity contribution in [3.05, 3.63) is 62.9 Å². The molecule has 156 valence electrons. The summed E-state index contributed by atoms with van der Waals surface area (Å²) in [6.07, 6.45) is 0.592. The van der Waals surface area contributed by atoms with Crippen LogP contribution in [-0.2, 0) is 19.5 Å². The summed E-state index contributed by atoms with van der Waals surface area (Å²) in [7, 11) is 0. The molecule has 0 aliphatic carbocycles. The number of benzene rings is 1. The lowest BCUT2D eigenvalue weighted by Gasteiger charge is -2.05. The molecule has 0 radical (unpaired) electrons. The highest BCUT2D eigenvalue weighted by atomic mass is 32.1. The molecule has 0 fully saturated rings. The molecule has 0 unspecified atom stereocenters. The lowest BCUT2D eigenvalue weighted by Crippen LogP contribution is -2.25. The number of aryl methyl sites for hydroxylation is 1. The van der Waals surface area contributed by atoms with Crippen molar-refractivity contribution in [2.24, 2.45) is 0 Å². The summed E-state index contributed by atoms with van der Waals surface area (Å²) in [5.41, 5.74) is 1.81. The fraction of sp³-hybridized carbons (Fsp3) is 0.300. The largest absolute Gasteiger partial charge is 0.351 e. The number of hydrogen-bond acceptors (Lipinski definition) is 5. The molecule has 10 heteroatoms. The van der Waals surface area contributed by atoms with Gasteiger partial charge in [-0.25, -0.2) is 4.39 Å². The number of H-pyrrole nitrogens is 1. The average Bonchev–Trinajstić information content (AvgIpc) is 3.39. The minimum absolute atomic E-state index is 0.124. The molecule has 1 aromatic carbocycles. The standard InChI is InChI=1S/C20H21FN6OS2/c1-3-26-17(23-24-20(26)29)8-9-22-18(28)16-10-15-12(2)25-27(19(15)30-16)11-13-4-6-14(21)7-5-13/h4-7,10H,3,8-9,11H2,1-2H3,(H,22,28)(H,24,29). The van der Waals surface area contributed by atoms with Gasteiger partial charge in [0.25, 0.3) is 5.91 Å². The molecule has 3 aromatic heterocycles. The van der Waals surface area contributed by atoms with E-state index in [-0.39, 0.29) is 11.7 Å². The number of halogens is 1. The summed E-state index contributed by atoms with van der Waals surface area (Å²) in [5.74, 6) is 0.435. The van der Waals surface area contributed by atoms with Gasteiger partial charge in [-0.05, 0) is 49.8 Å². The second-order valence-electron chi connectivity index (χ2n) is 6.89. The highest BCUT2D eigenvalue weighted by molar-refractivity contribution is 7.71. The van der Waals surface area contributed by atoms with Crippen LogP contribution in [0.3, 0.4) is 0 Å². The van der Waals surface area contributed by atoms with Gasteiger partial charge in [0.15, 0.2) is 4.77 Å². The van der Waals surface area contributed by atoms with Crippen LogP contribution in [0, 0.1) is 17.5 Å². The van der Waals surface area contributed by atoms with Gasteiger partial charge in [0.1, 0.15) is 16.5 Å². The van der Waals surface area contributed by atoms with E-state index in [1.165, 1.54) is 23.5 Å². The summed E-state index contributed by atoms with van der Waals surface area (Å²) in [4.78, 5) is 14.2. The van der Waals surface area contributed by atoms with Gasteiger partial charge in [-0.2, -0.15) is 10.2 Å². The number of carbonyl (C=O) groups excluding carboxylic acids is 1. The Morgan fingerprint density at radius 2 is 2.10 bits per heavy atom. The zero-order valence-corrected chi connectivity index (χ0v) is 18.2. The van der Waals surface area contributed by atoms with E-state index in [1.54, 1.807) is 12.1 Å². The van der Waals surface area contributed by atoms with Gasteiger partial charge in [-0.1, -0.05) is 12.1 Å². The van der Waals surface area contributed by atoms with Crippen LogP contribution < -0.4 is 5.32 Å². The highest BCUT2D eigenvalue weighted by Crippen LogP contribution is 2.29. The van der Waals surface area contributed by atoms with Crippen LogP contribution in [0.25, 0.3) is 10.2 Å². The summed E-state index contributed by atoms with van der Waals surface area (Å²) in [6.45, 7) is 5.64. The Bertz CT molecular complexity index is 1250. The average molecular weight is 445 g/mol. The summed E-state index contributed by atoms with van der Waals surface area (Å²) in [6, 6.07) is 8.23. The van der Waals surface area contributed by atoms with E-state index in [0.29, 0.717) is 29.2 Å². The zero-order valence-electron chi connectivity index (χ0n) is 16.6. The lowest BCUT2D eigenvalue weighted by atomic mass is 10.2. The van der Waals surface area contributed by atoms with E-state index in [0.717, 1.165) is 33.8 Å². The van der Waals surface area contributed by atoms with Gasteiger partial charge >= 0.3 is 0 Å². The first-order valence-electron chi connectivity index (χ1n) is 9.60. The minimum atomic E-state index is -0.265. The van der Waals surface area contributed by atoms with E-state index in [9.17, 15) is 9.18 Å². The van der Waals surface area contributed by atoms with E-state index in [4.69, 9.17) is 12.2 Å². The zero-order chi connectivity index (χ0) is 21.3. The number of amides is 1. The molecular formula is C20H21FN6OS2. The van der Waals surface area contributed by atoms with Crippen LogP contribution >= 0.6 is 23.6 Å². The smallest absolute Gasteiger partial charge is 0.261 e. The Hall–Kier alpha value is -2.85. The third kappa shape index (κ3) is 4.05. The number of rotatable bonds is 7. The Morgan fingerprint density at radius 3 is 2.83 bits per heavy atom. The molecule has 0 saturated carbocycles. The second kappa shape index (κ2) is 8.49. The molecule has 0 spiro atoms. The van der Waals surface area contributed by atoms with Crippen LogP contribution in [0.4, 0.5) is 4.39 Å². The minimum Gasteiger partial charge on any atom is -0.351 e. The van der Waals surface area contributed by atoms with Crippen molar-refractivity contribution in [3.8, 4) is 0 Å². The summed E-state index contributed by atoms with van der Waals surface area (Å²) in [5, 5.41) is 15.5. The van der Waals surface area contributed by atoms with Crippen LogP contribution in [0.5, 0.6) is 0 Å². The quantitative estimate of drug-likeness (QED) is 0.425. The molecule has 2 N–H and O–H groups in total. The summed E-state index contributed by atoms with van der Waals surface area (Å²) < 4.78 is 17.5. The van der Waals surface area contributed by atoms with E-state index < -0.39 is 0 Å². The van der Waals surface area contributed by atoms with Gasteiger partial charge < -0.3 is 9.88 Å².